The molecule has 0 aromatic heterocycles. The van der Waals surface area contributed by atoms with Crippen LogP contribution in [0.15, 0.2) is 54.6 Å². The van der Waals surface area contributed by atoms with Crippen LogP contribution in [0.25, 0.3) is 11.1 Å². The molecule has 1 aliphatic rings. The van der Waals surface area contributed by atoms with Gasteiger partial charge < -0.3 is 5.32 Å². The van der Waals surface area contributed by atoms with E-state index in [1.807, 2.05) is 42.5 Å². The number of amides is 1. The Hall–Kier alpha value is -1.80. The average Bonchev–Trinajstić information content (AvgIpc) is 3.31. The number of carbonyl (C=O) groups excluding carboxylic acids is 1. The zero-order valence-electron chi connectivity index (χ0n) is 11.1. The number of carbonyl (C=O) groups is 1. The molecular weight excluding hydrogens is 270 g/mol. The van der Waals surface area contributed by atoms with Crippen molar-refractivity contribution in [3.63, 3.8) is 0 Å². The highest BCUT2D eigenvalue weighted by Gasteiger charge is 2.27. The first-order chi connectivity index (χ1) is 9.74. The second kappa shape index (κ2) is 5.68. The molecule has 2 aromatic rings. The SMILES string of the molecule is O=C(NC1CC1)C(Cl)c1ccc(-c2ccccc2)cc1. The van der Waals surface area contributed by atoms with E-state index in [0.717, 1.165) is 29.5 Å². The van der Waals surface area contributed by atoms with Crippen LogP contribution in [0.4, 0.5) is 0 Å². The Labute approximate surface area is 123 Å². The molecule has 2 nitrogen and oxygen atoms in total. The molecule has 1 amide bonds. The Morgan fingerprint density at radius 2 is 1.60 bits per heavy atom. The van der Waals surface area contributed by atoms with E-state index in [2.05, 4.69) is 17.4 Å². The molecule has 0 heterocycles. The summed E-state index contributed by atoms with van der Waals surface area (Å²) in [6.45, 7) is 0. The minimum atomic E-state index is -0.611. The molecule has 0 saturated heterocycles. The van der Waals surface area contributed by atoms with Crippen molar-refractivity contribution in [2.45, 2.75) is 24.3 Å². The van der Waals surface area contributed by atoms with Crippen molar-refractivity contribution in [1.82, 2.24) is 5.32 Å². The van der Waals surface area contributed by atoms with E-state index in [1.54, 1.807) is 0 Å². The smallest absolute Gasteiger partial charge is 0.242 e. The molecule has 1 saturated carbocycles. The standard InChI is InChI=1S/C17H16ClNO/c18-16(17(20)19-15-10-11-15)14-8-6-13(7-9-14)12-4-2-1-3-5-12/h1-9,15-16H,10-11H2,(H,19,20). The van der Waals surface area contributed by atoms with Gasteiger partial charge in [0.1, 0.15) is 5.38 Å². The quantitative estimate of drug-likeness (QED) is 0.848. The molecule has 2 aromatic carbocycles. The van der Waals surface area contributed by atoms with Crippen molar-refractivity contribution in [3.8, 4) is 11.1 Å². The molecule has 0 bridgehead atoms. The number of rotatable bonds is 4. The number of alkyl halides is 1. The summed E-state index contributed by atoms with van der Waals surface area (Å²) in [6, 6.07) is 18.3. The molecular formula is C17H16ClNO. The van der Waals surface area contributed by atoms with Gasteiger partial charge in [-0.25, -0.2) is 0 Å². The predicted molar refractivity (Wildman–Crippen MR) is 81.6 cm³/mol. The third kappa shape index (κ3) is 3.02. The third-order valence-electron chi connectivity index (χ3n) is 3.46. The van der Waals surface area contributed by atoms with Crippen LogP contribution in [0.3, 0.4) is 0 Å². The van der Waals surface area contributed by atoms with Crippen molar-refractivity contribution in [3.05, 3.63) is 60.2 Å². The lowest BCUT2D eigenvalue weighted by atomic mass is 10.0. The summed E-state index contributed by atoms with van der Waals surface area (Å²) in [5.41, 5.74) is 3.12. The van der Waals surface area contributed by atoms with Crippen LogP contribution in [0.5, 0.6) is 0 Å². The van der Waals surface area contributed by atoms with Crippen LogP contribution in [0, 0.1) is 0 Å². The first-order valence-corrected chi connectivity index (χ1v) is 7.27. The lowest BCUT2D eigenvalue weighted by Crippen LogP contribution is -2.28. The largest absolute Gasteiger partial charge is 0.352 e. The van der Waals surface area contributed by atoms with Crippen molar-refractivity contribution in [1.29, 1.82) is 0 Å². The van der Waals surface area contributed by atoms with Crippen molar-refractivity contribution in [2.75, 3.05) is 0 Å². The normalized spacial score (nSPS) is 15.7. The zero-order chi connectivity index (χ0) is 13.9. The van der Waals surface area contributed by atoms with Crippen LogP contribution >= 0.6 is 11.6 Å². The summed E-state index contributed by atoms with van der Waals surface area (Å²) in [4.78, 5) is 11.9. The molecule has 3 heteroatoms. The number of benzene rings is 2. The second-order valence-electron chi connectivity index (χ2n) is 5.13. The van der Waals surface area contributed by atoms with Gasteiger partial charge in [0.05, 0.1) is 0 Å². The maximum atomic E-state index is 11.9. The van der Waals surface area contributed by atoms with Crippen LogP contribution < -0.4 is 5.32 Å². The van der Waals surface area contributed by atoms with Gasteiger partial charge in [-0.2, -0.15) is 0 Å². The molecule has 1 unspecified atom stereocenters. The number of hydrogen-bond acceptors (Lipinski definition) is 1. The van der Waals surface area contributed by atoms with Gasteiger partial charge >= 0.3 is 0 Å². The van der Waals surface area contributed by atoms with Crippen LogP contribution in [-0.2, 0) is 4.79 Å². The Morgan fingerprint density at radius 1 is 1.00 bits per heavy atom. The van der Waals surface area contributed by atoms with Crippen molar-refractivity contribution < 1.29 is 4.79 Å². The Bertz CT molecular complexity index is 590. The molecule has 0 spiro atoms. The second-order valence-corrected chi connectivity index (χ2v) is 5.57. The van der Waals surface area contributed by atoms with Gasteiger partial charge in [0.15, 0.2) is 0 Å². The van der Waals surface area contributed by atoms with E-state index in [9.17, 15) is 4.79 Å². The average molecular weight is 286 g/mol. The zero-order valence-corrected chi connectivity index (χ0v) is 11.8. The summed E-state index contributed by atoms with van der Waals surface area (Å²) < 4.78 is 0. The maximum Gasteiger partial charge on any atom is 0.242 e. The minimum absolute atomic E-state index is 0.0957. The Morgan fingerprint density at radius 3 is 2.20 bits per heavy atom. The van der Waals surface area contributed by atoms with Crippen molar-refractivity contribution >= 4 is 17.5 Å². The van der Waals surface area contributed by atoms with Crippen LogP contribution in [-0.4, -0.2) is 11.9 Å². The molecule has 20 heavy (non-hydrogen) atoms. The van der Waals surface area contributed by atoms with E-state index >= 15 is 0 Å². The van der Waals surface area contributed by atoms with E-state index in [1.165, 1.54) is 0 Å². The van der Waals surface area contributed by atoms with Gasteiger partial charge in [-0.15, -0.1) is 11.6 Å². The lowest BCUT2D eigenvalue weighted by molar-refractivity contribution is -0.121. The molecule has 0 radical (unpaired) electrons. The third-order valence-corrected chi connectivity index (χ3v) is 3.91. The lowest BCUT2D eigenvalue weighted by Gasteiger charge is -2.11. The topological polar surface area (TPSA) is 29.1 Å². The molecule has 1 N–H and O–H groups in total. The highest BCUT2D eigenvalue weighted by molar-refractivity contribution is 6.30. The fraction of sp³-hybridized carbons (Fsp3) is 0.235. The van der Waals surface area contributed by atoms with Crippen LogP contribution in [0.2, 0.25) is 0 Å². The van der Waals surface area contributed by atoms with E-state index in [4.69, 9.17) is 11.6 Å². The molecule has 1 fully saturated rings. The Balaban J connectivity index is 1.73. The van der Waals surface area contributed by atoms with Gasteiger partial charge in [-0.3, -0.25) is 4.79 Å². The minimum Gasteiger partial charge on any atom is -0.352 e. The molecule has 3 rings (SSSR count). The predicted octanol–water partition coefficient (Wildman–Crippen LogP) is 3.91. The molecule has 1 atom stereocenters. The highest BCUT2D eigenvalue weighted by atomic mass is 35.5. The Kier molecular flexibility index (Phi) is 3.75. The van der Waals surface area contributed by atoms with Crippen molar-refractivity contribution in [2.24, 2.45) is 0 Å². The molecule has 1 aliphatic carbocycles. The fourth-order valence-electron chi connectivity index (χ4n) is 2.13. The summed E-state index contributed by atoms with van der Waals surface area (Å²) in [6.07, 6.45) is 2.14. The number of nitrogens with one attached hydrogen (secondary N) is 1. The molecule has 0 aliphatic heterocycles. The van der Waals surface area contributed by atoms with Gasteiger partial charge in [0.25, 0.3) is 0 Å². The van der Waals surface area contributed by atoms with Gasteiger partial charge in [0.2, 0.25) is 5.91 Å². The number of halogens is 1. The molecule has 102 valence electrons. The summed E-state index contributed by atoms with van der Waals surface area (Å²) in [5, 5.41) is 2.32. The monoisotopic (exact) mass is 285 g/mol. The van der Waals surface area contributed by atoms with E-state index in [-0.39, 0.29) is 5.91 Å². The van der Waals surface area contributed by atoms with E-state index < -0.39 is 5.38 Å². The maximum absolute atomic E-state index is 11.9. The first-order valence-electron chi connectivity index (χ1n) is 6.84. The first kappa shape index (κ1) is 13.2. The van der Waals surface area contributed by atoms with Gasteiger partial charge in [-0.1, -0.05) is 54.6 Å². The summed E-state index contributed by atoms with van der Waals surface area (Å²) in [7, 11) is 0. The summed E-state index contributed by atoms with van der Waals surface area (Å²) >= 11 is 6.21. The van der Waals surface area contributed by atoms with E-state index in [0.29, 0.717) is 6.04 Å². The van der Waals surface area contributed by atoms with Gasteiger partial charge in [-0.05, 0) is 29.5 Å². The number of hydrogen-bond donors (Lipinski definition) is 1. The summed E-state index contributed by atoms with van der Waals surface area (Å²) in [5.74, 6) is -0.0957. The van der Waals surface area contributed by atoms with Crippen LogP contribution in [0.1, 0.15) is 23.8 Å². The fourth-order valence-corrected chi connectivity index (χ4v) is 2.34. The van der Waals surface area contributed by atoms with Gasteiger partial charge in [0, 0.05) is 6.04 Å². The highest BCUT2D eigenvalue weighted by Crippen LogP contribution is 2.27.